The highest BCUT2D eigenvalue weighted by atomic mass is 19.1. The number of hydrogen-bond acceptors (Lipinski definition) is 5. The molecule has 1 unspecified atom stereocenters. The number of hydrogen-bond donors (Lipinski definition) is 3. The summed E-state index contributed by atoms with van der Waals surface area (Å²) in [5.41, 5.74) is 1.24. The number of ether oxygens (including phenoxy) is 1. The number of rotatable bonds is 8. The molecule has 0 aliphatic carbocycles. The van der Waals surface area contributed by atoms with Crippen molar-refractivity contribution < 1.29 is 23.5 Å². The highest BCUT2D eigenvalue weighted by Gasteiger charge is 2.31. The molecule has 3 amide bonds. The molecule has 1 aliphatic rings. The van der Waals surface area contributed by atoms with Crippen LogP contribution in [-0.4, -0.2) is 55.6 Å². The molecule has 0 radical (unpaired) electrons. The van der Waals surface area contributed by atoms with E-state index < -0.39 is 18.0 Å². The third-order valence-electron chi connectivity index (χ3n) is 4.12. The lowest BCUT2D eigenvalue weighted by molar-refractivity contribution is -0.139. The molecule has 8 nitrogen and oxygen atoms in total. The first-order valence-electron chi connectivity index (χ1n) is 9.05. The molecular formula is C19H25FN4O4. The third kappa shape index (κ3) is 5.78. The second-order valence-electron chi connectivity index (χ2n) is 6.40. The van der Waals surface area contributed by atoms with E-state index in [1.165, 1.54) is 24.3 Å². The van der Waals surface area contributed by atoms with Crippen LogP contribution in [0.1, 0.15) is 20.3 Å². The number of nitrogens with one attached hydrogen (secondary N) is 3. The molecule has 2 rings (SSSR count). The predicted molar refractivity (Wildman–Crippen MR) is 102 cm³/mol. The smallest absolute Gasteiger partial charge is 0.337 e. The average Bonchev–Trinajstić information content (AvgIpc) is 2.62. The summed E-state index contributed by atoms with van der Waals surface area (Å²) in [5.74, 6) is -1.19. The minimum absolute atomic E-state index is 0.0110. The molecule has 1 aromatic rings. The first-order valence-corrected chi connectivity index (χ1v) is 9.05. The molecule has 9 heteroatoms. The number of urea groups is 1. The normalized spacial score (nSPS) is 16.5. The molecule has 0 fully saturated rings. The number of carbonyl (C=O) groups excluding carboxylic acids is 3. The number of halogens is 1. The van der Waals surface area contributed by atoms with E-state index in [1.54, 1.807) is 18.9 Å². The number of esters is 1. The quantitative estimate of drug-likeness (QED) is 0.584. The van der Waals surface area contributed by atoms with Crippen molar-refractivity contribution in [2.75, 3.05) is 32.1 Å². The topological polar surface area (TPSA) is 99.8 Å². The number of amides is 3. The Morgan fingerprint density at radius 2 is 1.93 bits per heavy atom. The fourth-order valence-corrected chi connectivity index (χ4v) is 2.89. The molecule has 1 aromatic carbocycles. The van der Waals surface area contributed by atoms with Crippen LogP contribution in [0.15, 0.2) is 35.5 Å². The Morgan fingerprint density at radius 1 is 1.25 bits per heavy atom. The minimum Gasteiger partial charge on any atom is -0.463 e. The van der Waals surface area contributed by atoms with Gasteiger partial charge in [0.1, 0.15) is 5.82 Å². The van der Waals surface area contributed by atoms with Crippen LogP contribution in [0.5, 0.6) is 0 Å². The number of likely N-dealkylation sites (N-methyl/N-ethyl adjacent to an activating group) is 1. The Hall–Kier alpha value is -2.94. The number of anilines is 1. The highest BCUT2D eigenvalue weighted by molar-refractivity contribution is 5.95. The van der Waals surface area contributed by atoms with Crippen molar-refractivity contribution >= 4 is 23.6 Å². The van der Waals surface area contributed by atoms with Crippen molar-refractivity contribution in [1.82, 2.24) is 15.5 Å². The Bertz CT molecular complexity index is 764. The Labute approximate surface area is 163 Å². The van der Waals surface area contributed by atoms with Crippen LogP contribution in [0.4, 0.5) is 14.9 Å². The molecule has 1 aliphatic heterocycles. The van der Waals surface area contributed by atoms with Gasteiger partial charge in [-0.25, -0.2) is 14.0 Å². The Balaban J connectivity index is 2.08. The summed E-state index contributed by atoms with van der Waals surface area (Å²) in [4.78, 5) is 38.1. The lowest BCUT2D eigenvalue weighted by atomic mass is 10.00. The predicted octanol–water partition coefficient (Wildman–Crippen LogP) is 1.60. The van der Waals surface area contributed by atoms with Crippen molar-refractivity contribution in [3.63, 3.8) is 0 Å². The molecule has 0 saturated carbocycles. The van der Waals surface area contributed by atoms with E-state index in [-0.39, 0.29) is 31.4 Å². The van der Waals surface area contributed by atoms with Gasteiger partial charge in [-0.05, 0) is 44.7 Å². The first-order chi connectivity index (χ1) is 13.3. The van der Waals surface area contributed by atoms with Gasteiger partial charge in [-0.15, -0.1) is 0 Å². The summed E-state index contributed by atoms with van der Waals surface area (Å²) >= 11 is 0. The van der Waals surface area contributed by atoms with E-state index in [0.29, 0.717) is 23.4 Å². The standard InChI is InChI=1S/C19H25FN4O4/c1-4-14-17(18(26)28-5-2)15(23-19(27)22-14)10-24(3)11-16(25)21-13-8-6-12(20)7-9-13/h6-9,14H,4-5,10-11H2,1-3H3,(H,21,25)(H2,22,23,27). The SMILES string of the molecule is CCOC(=O)C1=C(CN(C)CC(=O)Nc2ccc(F)cc2)NC(=O)NC1CC. The second-order valence-corrected chi connectivity index (χ2v) is 6.40. The van der Waals surface area contributed by atoms with E-state index in [0.717, 1.165) is 0 Å². The van der Waals surface area contributed by atoms with Crippen LogP contribution in [0.2, 0.25) is 0 Å². The minimum atomic E-state index is -0.499. The average molecular weight is 392 g/mol. The van der Waals surface area contributed by atoms with Crippen LogP contribution in [0.25, 0.3) is 0 Å². The molecule has 0 spiro atoms. The second kappa shape index (κ2) is 9.84. The zero-order chi connectivity index (χ0) is 20.7. The molecule has 0 saturated heterocycles. The number of nitrogens with zero attached hydrogens (tertiary/aromatic N) is 1. The van der Waals surface area contributed by atoms with Gasteiger partial charge in [0.2, 0.25) is 5.91 Å². The van der Waals surface area contributed by atoms with Crippen LogP contribution >= 0.6 is 0 Å². The van der Waals surface area contributed by atoms with Crippen molar-refractivity contribution in [3.05, 3.63) is 41.4 Å². The van der Waals surface area contributed by atoms with Gasteiger partial charge in [-0.1, -0.05) is 6.92 Å². The number of carbonyl (C=O) groups is 3. The van der Waals surface area contributed by atoms with E-state index in [1.807, 2.05) is 6.92 Å². The highest BCUT2D eigenvalue weighted by Crippen LogP contribution is 2.17. The maximum Gasteiger partial charge on any atom is 0.337 e. The van der Waals surface area contributed by atoms with Crippen molar-refractivity contribution in [1.29, 1.82) is 0 Å². The lowest BCUT2D eigenvalue weighted by Gasteiger charge is -2.30. The number of benzene rings is 1. The van der Waals surface area contributed by atoms with Crippen LogP contribution in [0.3, 0.4) is 0 Å². The van der Waals surface area contributed by atoms with Gasteiger partial charge in [0, 0.05) is 17.9 Å². The fraction of sp³-hybridized carbons (Fsp3) is 0.421. The zero-order valence-electron chi connectivity index (χ0n) is 16.2. The van der Waals surface area contributed by atoms with Gasteiger partial charge in [0.05, 0.1) is 24.8 Å². The van der Waals surface area contributed by atoms with E-state index >= 15 is 0 Å². The molecule has 152 valence electrons. The fourth-order valence-electron chi connectivity index (χ4n) is 2.89. The summed E-state index contributed by atoms with van der Waals surface area (Å²) in [5, 5.41) is 8.01. The van der Waals surface area contributed by atoms with Crippen molar-refractivity contribution in [2.45, 2.75) is 26.3 Å². The van der Waals surface area contributed by atoms with Crippen LogP contribution in [-0.2, 0) is 14.3 Å². The van der Waals surface area contributed by atoms with Crippen LogP contribution < -0.4 is 16.0 Å². The van der Waals surface area contributed by atoms with E-state index in [4.69, 9.17) is 4.74 Å². The molecule has 28 heavy (non-hydrogen) atoms. The molecule has 1 atom stereocenters. The maximum absolute atomic E-state index is 12.9. The molecule has 0 bridgehead atoms. The Kier molecular flexibility index (Phi) is 7.51. The van der Waals surface area contributed by atoms with E-state index in [2.05, 4.69) is 16.0 Å². The summed E-state index contributed by atoms with van der Waals surface area (Å²) < 4.78 is 18.1. The monoisotopic (exact) mass is 392 g/mol. The molecule has 0 aromatic heterocycles. The summed E-state index contributed by atoms with van der Waals surface area (Å²) in [6.45, 7) is 3.97. The van der Waals surface area contributed by atoms with Gasteiger partial charge in [0.25, 0.3) is 0 Å². The maximum atomic E-state index is 12.9. The lowest BCUT2D eigenvalue weighted by Crippen LogP contribution is -2.52. The van der Waals surface area contributed by atoms with E-state index in [9.17, 15) is 18.8 Å². The summed E-state index contributed by atoms with van der Waals surface area (Å²) in [6.07, 6.45) is 0.528. The van der Waals surface area contributed by atoms with Gasteiger partial charge in [-0.2, -0.15) is 0 Å². The summed E-state index contributed by atoms with van der Waals surface area (Å²) in [7, 11) is 1.69. The molecule has 1 heterocycles. The van der Waals surface area contributed by atoms with Crippen molar-refractivity contribution in [3.8, 4) is 0 Å². The molecule has 3 N–H and O–H groups in total. The van der Waals surface area contributed by atoms with Gasteiger partial charge >= 0.3 is 12.0 Å². The largest absolute Gasteiger partial charge is 0.463 e. The van der Waals surface area contributed by atoms with Crippen molar-refractivity contribution in [2.24, 2.45) is 0 Å². The van der Waals surface area contributed by atoms with Gasteiger partial charge in [-0.3, -0.25) is 9.69 Å². The van der Waals surface area contributed by atoms with Crippen LogP contribution in [0, 0.1) is 5.82 Å². The Morgan fingerprint density at radius 3 is 2.54 bits per heavy atom. The van der Waals surface area contributed by atoms with Gasteiger partial charge < -0.3 is 20.7 Å². The zero-order valence-corrected chi connectivity index (χ0v) is 16.2. The molecular weight excluding hydrogens is 367 g/mol. The first kappa shape index (κ1) is 21.4. The summed E-state index contributed by atoms with van der Waals surface area (Å²) in [6, 6.07) is 4.58. The van der Waals surface area contributed by atoms with Gasteiger partial charge in [0.15, 0.2) is 0 Å². The third-order valence-corrected chi connectivity index (χ3v) is 4.12.